The second-order valence-corrected chi connectivity index (χ2v) is 7.31. The number of rotatable bonds is 5. The summed E-state index contributed by atoms with van der Waals surface area (Å²) in [6, 6.07) is 21.0. The molecule has 0 unspecified atom stereocenters. The second kappa shape index (κ2) is 7.87. The van der Waals surface area contributed by atoms with Gasteiger partial charge in [-0.25, -0.2) is 4.98 Å². The number of nitrogens with zero attached hydrogens (tertiary/aromatic N) is 1. The number of amides is 1. The first-order chi connectivity index (χ1) is 13.6. The summed E-state index contributed by atoms with van der Waals surface area (Å²) in [6.45, 7) is 2.07. The van der Waals surface area contributed by atoms with Crippen molar-refractivity contribution in [1.82, 2.24) is 9.97 Å². The minimum absolute atomic E-state index is 0.174. The van der Waals surface area contributed by atoms with Gasteiger partial charge >= 0.3 is 0 Å². The maximum absolute atomic E-state index is 12.4. The molecule has 0 spiro atoms. The minimum Gasteiger partial charge on any atom is -0.342 e. The molecule has 1 aromatic heterocycles. The van der Waals surface area contributed by atoms with Gasteiger partial charge in [0.05, 0.1) is 11.0 Å². The van der Waals surface area contributed by atoms with Gasteiger partial charge < -0.3 is 10.3 Å². The van der Waals surface area contributed by atoms with Gasteiger partial charge in [-0.1, -0.05) is 35.9 Å². The highest BCUT2D eigenvalue weighted by molar-refractivity contribution is 6.31. The average molecular weight is 390 g/mol. The third-order valence-corrected chi connectivity index (χ3v) is 4.84. The molecule has 3 aromatic carbocycles. The quantitative estimate of drug-likeness (QED) is 0.469. The number of H-pyrrole nitrogens is 1. The lowest BCUT2D eigenvalue weighted by molar-refractivity contribution is 0.102. The number of carbonyl (C=O) groups is 1. The van der Waals surface area contributed by atoms with Gasteiger partial charge in [-0.05, 0) is 66.9 Å². The Morgan fingerprint density at radius 2 is 1.89 bits per heavy atom. The van der Waals surface area contributed by atoms with Crippen LogP contribution in [0, 0.1) is 6.92 Å². The molecule has 0 aliphatic carbocycles. The van der Waals surface area contributed by atoms with Crippen molar-refractivity contribution >= 4 is 34.2 Å². The molecule has 28 heavy (non-hydrogen) atoms. The fraction of sp³-hybridized carbons (Fsp3) is 0.130. The van der Waals surface area contributed by atoms with Crippen molar-refractivity contribution < 1.29 is 4.79 Å². The largest absolute Gasteiger partial charge is 0.342 e. The number of carbonyl (C=O) groups excluding carboxylic acids is 1. The lowest BCUT2D eigenvalue weighted by Gasteiger charge is -2.08. The molecule has 5 heteroatoms. The van der Waals surface area contributed by atoms with Gasteiger partial charge in [-0.15, -0.1) is 0 Å². The Morgan fingerprint density at radius 1 is 1.04 bits per heavy atom. The third kappa shape index (κ3) is 4.24. The first kappa shape index (κ1) is 18.3. The summed E-state index contributed by atoms with van der Waals surface area (Å²) in [5, 5.41) is 3.47. The maximum atomic E-state index is 12.4. The van der Waals surface area contributed by atoms with E-state index in [4.69, 9.17) is 11.6 Å². The van der Waals surface area contributed by atoms with Crippen molar-refractivity contribution in [3.05, 3.63) is 94.3 Å². The topological polar surface area (TPSA) is 57.8 Å². The second-order valence-electron chi connectivity index (χ2n) is 6.87. The van der Waals surface area contributed by atoms with E-state index in [1.54, 1.807) is 24.3 Å². The van der Waals surface area contributed by atoms with Crippen LogP contribution in [0.5, 0.6) is 0 Å². The number of fused-ring (bicyclic) bond motifs is 1. The van der Waals surface area contributed by atoms with Gasteiger partial charge in [0.15, 0.2) is 0 Å². The molecule has 4 rings (SSSR count). The molecule has 0 saturated carbocycles. The first-order valence-corrected chi connectivity index (χ1v) is 9.56. The van der Waals surface area contributed by atoms with Crippen molar-refractivity contribution in [2.75, 3.05) is 5.32 Å². The number of imidazole rings is 1. The van der Waals surface area contributed by atoms with Gasteiger partial charge in [-0.2, -0.15) is 0 Å². The van der Waals surface area contributed by atoms with E-state index in [0.29, 0.717) is 10.6 Å². The summed E-state index contributed by atoms with van der Waals surface area (Å²) < 4.78 is 0. The van der Waals surface area contributed by atoms with E-state index in [-0.39, 0.29) is 5.91 Å². The van der Waals surface area contributed by atoms with Crippen LogP contribution in [0.3, 0.4) is 0 Å². The van der Waals surface area contributed by atoms with Crippen LogP contribution in [-0.4, -0.2) is 15.9 Å². The summed E-state index contributed by atoms with van der Waals surface area (Å²) in [6.07, 6.45) is 1.64. The Labute approximate surface area is 168 Å². The number of hydrogen-bond acceptors (Lipinski definition) is 2. The normalized spacial score (nSPS) is 10.9. The van der Waals surface area contributed by atoms with E-state index >= 15 is 0 Å². The molecular formula is C23H20ClN3O. The van der Waals surface area contributed by atoms with E-state index in [0.717, 1.165) is 41.0 Å². The first-order valence-electron chi connectivity index (χ1n) is 9.18. The van der Waals surface area contributed by atoms with Crippen molar-refractivity contribution in [2.24, 2.45) is 0 Å². The smallest absolute Gasteiger partial charge is 0.255 e. The molecule has 0 fully saturated rings. The minimum atomic E-state index is -0.174. The standard InChI is InChI=1S/C23H20ClN3O/c1-15-8-10-20-21(12-15)27-22(26-20)11-9-16-4-2-7-19(13-16)25-23(28)17-5-3-6-18(24)14-17/h2-8,10,12-14H,9,11H2,1H3,(H,25,28)(H,26,27). The molecule has 2 N–H and O–H groups in total. The van der Waals surface area contributed by atoms with E-state index in [1.807, 2.05) is 24.3 Å². The van der Waals surface area contributed by atoms with Gasteiger partial charge in [0.2, 0.25) is 0 Å². The fourth-order valence-corrected chi connectivity index (χ4v) is 3.39. The zero-order chi connectivity index (χ0) is 19.5. The van der Waals surface area contributed by atoms with Gasteiger partial charge in [-0.3, -0.25) is 4.79 Å². The predicted octanol–water partition coefficient (Wildman–Crippen LogP) is 5.56. The summed E-state index contributed by atoms with van der Waals surface area (Å²) in [5.41, 5.74) is 5.71. The number of anilines is 1. The number of aromatic amines is 1. The molecule has 0 radical (unpaired) electrons. The van der Waals surface area contributed by atoms with Gasteiger partial charge in [0, 0.05) is 22.7 Å². The van der Waals surface area contributed by atoms with Crippen LogP contribution in [0.25, 0.3) is 11.0 Å². The summed E-state index contributed by atoms with van der Waals surface area (Å²) in [5.74, 6) is 0.793. The fourth-order valence-electron chi connectivity index (χ4n) is 3.20. The predicted molar refractivity (Wildman–Crippen MR) is 114 cm³/mol. The summed E-state index contributed by atoms with van der Waals surface area (Å²) >= 11 is 5.97. The van der Waals surface area contributed by atoms with Crippen LogP contribution in [0.15, 0.2) is 66.7 Å². The zero-order valence-electron chi connectivity index (χ0n) is 15.5. The maximum Gasteiger partial charge on any atom is 0.255 e. The lowest BCUT2D eigenvalue weighted by atomic mass is 10.1. The monoisotopic (exact) mass is 389 g/mol. The molecule has 4 aromatic rings. The van der Waals surface area contributed by atoms with Crippen LogP contribution in [0.1, 0.15) is 27.3 Å². The van der Waals surface area contributed by atoms with E-state index < -0.39 is 0 Å². The Bertz CT molecular complexity index is 1150. The highest BCUT2D eigenvalue weighted by atomic mass is 35.5. The molecule has 1 amide bonds. The number of nitrogens with one attached hydrogen (secondary N) is 2. The Hall–Kier alpha value is -3.11. The van der Waals surface area contributed by atoms with Crippen molar-refractivity contribution in [3.63, 3.8) is 0 Å². The average Bonchev–Trinajstić information content (AvgIpc) is 3.08. The number of hydrogen-bond donors (Lipinski definition) is 2. The van der Waals surface area contributed by atoms with Gasteiger partial charge in [0.1, 0.15) is 5.82 Å². The summed E-state index contributed by atoms with van der Waals surface area (Å²) in [7, 11) is 0. The highest BCUT2D eigenvalue weighted by Crippen LogP contribution is 2.17. The molecule has 4 nitrogen and oxygen atoms in total. The number of halogens is 1. The lowest BCUT2D eigenvalue weighted by Crippen LogP contribution is -2.11. The molecule has 140 valence electrons. The van der Waals surface area contributed by atoms with Crippen LogP contribution in [0.4, 0.5) is 5.69 Å². The number of aromatic nitrogens is 2. The third-order valence-electron chi connectivity index (χ3n) is 4.61. The molecule has 0 saturated heterocycles. The van der Waals surface area contributed by atoms with Crippen LogP contribution < -0.4 is 5.32 Å². The van der Waals surface area contributed by atoms with Crippen molar-refractivity contribution in [1.29, 1.82) is 0 Å². The van der Waals surface area contributed by atoms with Gasteiger partial charge in [0.25, 0.3) is 5.91 Å². The SMILES string of the molecule is Cc1ccc2nc(CCc3cccc(NC(=O)c4cccc(Cl)c4)c3)[nH]c2c1. The van der Waals surface area contributed by atoms with Crippen LogP contribution in [0.2, 0.25) is 5.02 Å². The molecule has 0 atom stereocenters. The van der Waals surface area contributed by atoms with Crippen molar-refractivity contribution in [3.8, 4) is 0 Å². The van der Waals surface area contributed by atoms with Crippen molar-refractivity contribution in [2.45, 2.75) is 19.8 Å². The number of aryl methyl sites for hydroxylation is 3. The molecule has 0 aliphatic rings. The Morgan fingerprint density at radius 3 is 2.75 bits per heavy atom. The molecule has 0 bridgehead atoms. The van der Waals surface area contributed by atoms with Crippen LogP contribution >= 0.6 is 11.6 Å². The van der Waals surface area contributed by atoms with E-state index in [2.05, 4.69) is 40.4 Å². The Balaban J connectivity index is 1.43. The molecule has 0 aliphatic heterocycles. The van der Waals surface area contributed by atoms with Crippen LogP contribution in [-0.2, 0) is 12.8 Å². The zero-order valence-corrected chi connectivity index (χ0v) is 16.3. The van der Waals surface area contributed by atoms with E-state index in [1.165, 1.54) is 5.56 Å². The summed E-state index contributed by atoms with van der Waals surface area (Å²) in [4.78, 5) is 20.4. The Kier molecular flexibility index (Phi) is 5.13. The van der Waals surface area contributed by atoms with E-state index in [9.17, 15) is 4.79 Å². The molecule has 1 heterocycles. The highest BCUT2D eigenvalue weighted by Gasteiger charge is 2.08. The molecular weight excluding hydrogens is 370 g/mol. The number of benzene rings is 3.